The summed E-state index contributed by atoms with van der Waals surface area (Å²) in [6, 6.07) is 11.6. The van der Waals surface area contributed by atoms with E-state index in [0.717, 1.165) is 16.7 Å². The monoisotopic (exact) mass is 282 g/mol. The molecule has 1 atom stereocenters. The van der Waals surface area contributed by atoms with Crippen molar-refractivity contribution < 1.29 is 9.90 Å². The summed E-state index contributed by atoms with van der Waals surface area (Å²) in [6.07, 6.45) is 4.05. The van der Waals surface area contributed by atoms with E-state index < -0.39 is 6.10 Å². The number of carbonyl (C=O) groups is 1. The molecule has 1 aliphatic heterocycles. The zero-order valence-corrected chi connectivity index (χ0v) is 11.8. The first kappa shape index (κ1) is 13.8. The van der Waals surface area contributed by atoms with Crippen molar-refractivity contribution in [2.45, 2.75) is 25.5 Å². The highest BCUT2D eigenvalue weighted by Crippen LogP contribution is 2.26. The summed E-state index contributed by atoms with van der Waals surface area (Å²) in [5.74, 6) is 0.0763. The number of pyridine rings is 1. The summed E-state index contributed by atoms with van der Waals surface area (Å²) in [5, 5.41) is 10.2. The third-order valence-corrected chi connectivity index (χ3v) is 3.87. The number of hydrogen-bond donors (Lipinski definition) is 1. The molecule has 2 aromatic rings. The van der Waals surface area contributed by atoms with E-state index in [4.69, 9.17) is 0 Å². The Kier molecular flexibility index (Phi) is 3.97. The van der Waals surface area contributed by atoms with Crippen LogP contribution in [0.3, 0.4) is 0 Å². The Bertz CT molecular complexity index is 628. The molecule has 4 heteroatoms. The van der Waals surface area contributed by atoms with Gasteiger partial charge in [0.1, 0.15) is 0 Å². The van der Waals surface area contributed by atoms with Gasteiger partial charge in [0.25, 0.3) is 0 Å². The van der Waals surface area contributed by atoms with Crippen LogP contribution in [0.2, 0.25) is 0 Å². The molecule has 0 aliphatic carbocycles. The largest absolute Gasteiger partial charge is 0.387 e. The van der Waals surface area contributed by atoms with Crippen LogP contribution >= 0.6 is 0 Å². The van der Waals surface area contributed by atoms with Crippen LogP contribution < -0.4 is 0 Å². The highest BCUT2D eigenvalue weighted by atomic mass is 16.3. The van der Waals surface area contributed by atoms with Gasteiger partial charge in [0, 0.05) is 25.4 Å². The topological polar surface area (TPSA) is 53.4 Å². The van der Waals surface area contributed by atoms with Gasteiger partial charge in [-0.05, 0) is 29.2 Å². The van der Waals surface area contributed by atoms with Crippen molar-refractivity contribution in [2.24, 2.45) is 0 Å². The molecule has 0 saturated heterocycles. The van der Waals surface area contributed by atoms with Crippen molar-refractivity contribution in [3.05, 3.63) is 65.5 Å². The summed E-state index contributed by atoms with van der Waals surface area (Å²) >= 11 is 0. The minimum Gasteiger partial charge on any atom is -0.387 e. The second-order valence-electron chi connectivity index (χ2n) is 5.35. The lowest BCUT2D eigenvalue weighted by Gasteiger charge is -2.32. The number of benzene rings is 1. The lowest BCUT2D eigenvalue weighted by Crippen LogP contribution is -2.38. The molecule has 3 rings (SSSR count). The second kappa shape index (κ2) is 6.06. The van der Waals surface area contributed by atoms with E-state index in [1.807, 2.05) is 36.4 Å². The van der Waals surface area contributed by atoms with Gasteiger partial charge in [0.15, 0.2) is 0 Å². The molecule has 0 bridgehead atoms. The number of aliphatic hydroxyl groups excluding tert-OH is 1. The van der Waals surface area contributed by atoms with E-state index in [9.17, 15) is 9.90 Å². The molecular weight excluding hydrogens is 264 g/mol. The maximum atomic E-state index is 12.3. The van der Waals surface area contributed by atoms with Crippen LogP contribution in [0.25, 0.3) is 0 Å². The number of β-amino-alcohol motifs (C(OH)–C–C–N with tert-alkyl or cyclic N) is 1. The zero-order valence-electron chi connectivity index (χ0n) is 11.8. The number of aromatic nitrogens is 1. The van der Waals surface area contributed by atoms with Crippen molar-refractivity contribution >= 4 is 5.91 Å². The summed E-state index contributed by atoms with van der Waals surface area (Å²) in [6.45, 7) is 0.960. The Morgan fingerprint density at radius 1 is 1.29 bits per heavy atom. The fourth-order valence-electron chi connectivity index (χ4n) is 2.73. The number of amides is 1. The molecule has 0 radical (unpaired) electrons. The number of aliphatic hydroxyl groups is 1. The average molecular weight is 282 g/mol. The van der Waals surface area contributed by atoms with Crippen LogP contribution in [-0.2, 0) is 17.8 Å². The van der Waals surface area contributed by atoms with E-state index in [1.54, 1.807) is 17.3 Å². The van der Waals surface area contributed by atoms with Crippen LogP contribution in [0.5, 0.6) is 0 Å². The third kappa shape index (κ3) is 3.11. The smallest absolute Gasteiger partial charge is 0.223 e. The first-order valence-electron chi connectivity index (χ1n) is 7.16. The minimum atomic E-state index is -0.586. The van der Waals surface area contributed by atoms with Crippen LogP contribution in [-0.4, -0.2) is 27.4 Å². The number of hydrogen-bond acceptors (Lipinski definition) is 3. The van der Waals surface area contributed by atoms with Gasteiger partial charge in [-0.3, -0.25) is 9.78 Å². The molecule has 2 heterocycles. The van der Waals surface area contributed by atoms with Crippen molar-refractivity contribution in [3.63, 3.8) is 0 Å². The Labute approximate surface area is 124 Å². The van der Waals surface area contributed by atoms with Crippen LogP contribution in [0.1, 0.15) is 29.2 Å². The normalized spacial score (nSPS) is 17.4. The first-order chi connectivity index (χ1) is 10.2. The molecule has 1 aliphatic rings. The number of rotatable bonds is 3. The molecular formula is C17H18N2O2. The van der Waals surface area contributed by atoms with Gasteiger partial charge >= 0.3 is 0 Å². The highest BCUT2D eigenvalue weighted by Gasteiger charge is 2.26. The summed E-state index contributed by atoms with van der Waals surface area (Å²) < 4.78 is 0. The Balaban J connectivity index is 1.64. The fourth-order valence-corrected chi connectivity index (χ4v) is 2.73. The number of nitrogens with zero attached hydrogens (tertiary/aromatic N) is 2. The molecule has 1 amide bonds. The standard InChI is InChI=1S/C17H18N2O2/c20-16-12-19(11-14-5-1-2-6-15(14)16)17(21)8-7-13-4-3-9-18-10-13/h1-6,9-10,16,20H,7-8,11-12H2/t16-/m1/s1. The van der Waals surface area contributed by atoms with E-state index in [1.165, 1.54) is 0 Å². The lowest BCUT2D eigenvalue weighted by molar-refractivity contribution is -0.134. The Morgan fingerprint density at radius 3 is 2.95 bits per heavy atom. The molecule has 0 saturated carbocycles. The van der Waals surface area contributed by atoms with Gasteiger partial charge in [-0.25, -0.2) is 0 Å². The number of carbonyl (C=O) groups excluding carboxylic acids is 1. The van der Waals surface area contributed by atoms with Crippen molar-refractivity contribution in [2.75, 3.05) is 6.54 Å². The Morgan fingerprint density at radius 2 is 2.14 bits per heavy atom. The number of aryl methyl sites for hydroxylation is 1. The van der Waals surface area contributed by atoms with Crippen molar-refractivity contribution in [1.82, 2.24) is 9.88 Å². The van der Waals surface area contributed by atoms with Crippen LogP contribution in [0.4, 0.5) is 0 Å². The lowest BCUT2D eigenvalue weighted by atomic mass is 9.97. The minimum absolute atomic E-state index is 0.0763. The molecule has 21 heavy (non-hydrogen) atoms. The van der Waals surface area contributed by atoms with Gasteiger partial charge < -0.3 is 10.0 Å². The van der Waals surface area contributed by atoms with Crippen LogP contribution in [0, 0.1) is 0 Å². The van der Waals surface area contributed by atoms with Gasteiger partial charge in [-0.2, -0.15) is 0 Å². The summed E-state index contributed by atoms with van der Waals surface area (Å²) in [5.41, 5.74) is 3.03. The van der Waals surface area contributed by atoms with Gasteiger partial charge in [-0.15, -0.1) is 0 Å². The van der Waals surface area contributed by atoms with Crippen LogP contribution in [0.15, 0.2) is 48.8 Å². The SMILES string of the molecule is O=C(CCc1cccnc1)N1Cc2ccccc2[C@H](O)C1. The first-order valence-corrected chi connectivity index (χ1v) is 7.16. The fraction of sp³-hybridized carbons (Fsp3) is 0.294. The maximum absolute atomic E-state index is 12.3. The van der Waals surface area contributed by atoms with Crippen molar-refractivity contribution in [1.29, 1.82) is 0 Å². The molecule has 0 spiro atoms. The zero-order chi connectivity index (χ0) is 14.7. The maximum Gasteiger partial charge on any atom is 0.223 e. The molecule has 1 aromatic heterocycles. The Hall–Kier alpha value is -2.20. The predicted molar refractivity (Wildman–Crippen MR) is 79.4 cm³/mol. The molecule has 4 nitrogen and oxygen atoms in total. The second-order valence-corrected chi connectivity index (χ2v) is 5.35. The third-order valence-electron chi connectivity index (χ3n) is 3.87. The molecule has 108 valence electrons. The van der Waals surface area contributed by atoms with E-state index in [-0.39, 0.29) is 5.91 Å². The summed E-state index contributed by atoms with van der Waals surface area (Å²) in [7, 11) is 0. The van der Waals surface area contributed by atoms with Gasteiger partial charge in [-0.1, -0.05) is 30.3 Å². The van der Waals surface area contributed by atoms with E-state index >= 15 is 0 Å². The summed E-state index contributed by atoms with van der Waals surface area (Å²) in [4.78, 5) is 18.1. The van der Waals surface area contributed by atoms with E-state index in [0.29, 0.717) is 25.9 Å². The highest BCUT2D eigenvalue weighted by molar-refractivity contribution is 5.76. The molecule has 1 aromatic carbocycles. The average Bonchev–Trinajstić information content (AvgIpc) is 2.53. The van der Waals surface area contributed by atoms with E-state index in [2.05, 4.69) is 4.98 Å². The quantitative estimate of drug-likeness (QED) is 0.938. The number of fused-ring (bicyclic) bond motifs is 1. The van der Waals surface area contributed by atoms with Crippen molar-refractivity contribution in [3.8, 4) is 0 Å². The molecule has 1 N–H and O–H groups in total. The van der Waals surface area contributed by atoms with Gasteiger partial charge in [0.2, 0.25) is 5.91 Å². The molecule has 0 unspecified atom stereocenters. The van der Waals surface area contributed by atoms with Gasteiger partial charge in [0.05, 0.1) is 12.6 Å². The predicted octanol–water partition coefficient (Wildman–Crippen LogP) is 2.09. The molecule has 0 fully saturated rings.